The summed E-state index contributed by atoms with van der Waals surface area (Å²) in [5, 5.41) is 3.25. The number of carbonyl (C=O) groups excluding carboxylic acids is 1. The molecule has 1 fully saturated rings. The quantitative estimate of drug-likeness (QED) is 0.649. The van der Waals surface area contributed by atoms with Gasteiger partial charge >= 0.3 is 0 Å². The normalized spacial score (nSPS) is 16.4. The van der Waals surface area contributed by atoms with E-state index in [0.29, 0.717) is 0 Å². The lowest BCUT2D eigenvalue weighted by Crippen LogP contribution is -2.44. The topological polar surface area (TPSA) is 84.1 Å². The third kappa shape index (κ3) is 2.21. The molecule has 1 amide bonds. The maximum absolute atomic E-state index is 10.8. The molecule has 0 radical (unpaired) electrons. The van der Waals surface area contributed by atoms with Crippen molar-refractivity contribution in [3.8, 4) is 0 Å². The van der Waals surface area contributed by atoms with E-state index in [-0.39, 0.29) is 5.69 Å². The van der Waals surface area contributed by atoms with E-state index in [9.17, 15) is 4.79 Å². The van der Waals surface area contributed by atoms with Crippen LogP contribution in [0.25, 0.3) is 0 Å². The maximum atomic E-state index is 10.8. The molecule has 0 spiro atoms. The Morgan fingerprint density at radius 3 is 2.60 bits per heavy atom. The molecule has 0 bridgehead atoms. The third-order valence-electron chi connectivity index (χ3n) is 2.33. The monoisotopic (exact) mass is 207 g/mol. The Kier molecular flexibility index (Phi) is 2.77. The van der Waals surface area contributed by atoms with Gasteiger partial charge in [0.15, 0.2) is 0 Å². The van der Waals surface area contributed by atoms with Gasteiger partial charge in [-0.15, -0.1) is 0 Å². The lowest BCUT2D eigenvalue weighted by atomic mass is 10.3. The van der Waals surface area contributed by atoms with Crippen molar-refractivity contribution in [1.82, 2.24) is 15.3 Å². The molecule has 1 aromatic rings. The van der Waals surface area contributed by atoms with E-state index in [1.807, 2.05) is 0 Å². The Morgan fingerprint density at radius 1 is 1.33 bits per heavy atom. The summed E-state index contributed by atoms with van der Waals surface area (Å²) in [6.45, 7) is 3.70. The second-order valence-electron chi connectivity index (χ2n) is 3.36. The summed E-state index contributed by atoms with van der Waals surface area (Å²) in [7, 11) is 0. The second-order valence-corrected chi connectivity index (χ2v) is 3.36. The number of piperazine rings is 1. The predicted octanol–water partition coefficient (Wildman–Crippen LogP) is -1.01. The van der Waals surface area contributed by atoms with Crippen molar-refractivity contribution in [3.05, 3.63) is 18.1 Å². The lowest BCUT2D eigenvalue weighted by Gasteiger charge is -2.27. The van der Waals surface area contributed by atoms with Crippen molar-refractivity contribution in [2.24, 2.45) is 5.73 Å². The molecule has 0 atom stereocenters. The average Bonchev–Trinajstić information content (AvgIpc) is 2.30. The highest BCUT2D eigenvalue weighted by atomic mass is 16.1. The van der Waals surface area contributed by atoms with Gasteiger partial charge in [-0.05, 0) is 0 Å². The van der Waals surface area contributed by atoms with Crippen molar-refractivity contribution >= 4 is 11.7 Å². The second kappa shape index (κ2) is 4.22. The molecule has 0 aromatic carbocycles. The highest BCUT2D eigenvalue weighted by molar-refractivity contribution is 5.90. The molecule has 0 aliphatic carbocycles. The zero-order valence-electron chi connectivity index (χ0n) is 8.31. The highest BCUT2D eigenvalue weighted by Gasteiger charge is 2.12. The molecule has 3 N–H and O–H groups in total. The average molecular weight is 207 g/mol. The van der Waals surface area contributed by atoms with Crippen LogP contribution in [0.1, 0.15) is 10.5 Å². The van der Waals surface area contributed by atoms with Crippen molar-refractivity contribution < 1.29 is 4.79 Å². The van der Waals surface area contributed by atoms with Gasteiger partial charge in [0.25, 0.3) is 5.91 Å². The Labute approximate surface area is 87.5 Å². The number of nitrogens with two attached hydrogens (primary N) is 1. The van der Waals surface area contributed by atoms with Gasteiger partial charge in [0, 0.05) is 26.2 Å². The molecule has 6 heteroatoms. The van der Waals surface area contributed by atoms with Gasteiger partial charge in [-0.25, -0.2) is 9.97 Å². The van der Waals surface area contributed by atoms with E-state index >= 15 is 0 Å². The first-order valence-electron chi connectivity index (χ1n) is 4.85. The number of rotatable bonds is 2. The number of nitrogens with zero attached hydrogens (tertiary/aromatic N) is 3. The standard InChI is InChI=1S/C9H13N5O/c10-9(15)7-5-13-8(6-12-7)14-3-1-11-2-4-14/h5-6,11H,1-4H2,(H2,10,15). The Hall–Kier alpha value is -1.69. The summed E-state index contributed by atoms with van der Waals surface area (Å²) in [5.41, 5.74) is 5.28. The van der Waals surface area contributed by atoms with Gasteiger partial charge in [0.1, 0.15) is 11.5 Å². The SMILES string of the molecule is NC(=O)c1cnc(N2CCNCC2)cn1. The largest absolute Gasteiger partial charge is 0.364 e. The number of hydrogen-bond donors (Lipinski definition) is 2. The van der Waals surface area contributed by atoms with Crippen molar-refractivity contribution in [1.29, 1.82) is 0 Å². The lowest BCUT2D eigenvalue weighted by molar-refractivity contribution is 0.0995. The van der Waals surface area contributed by atoms with Crippen LogP contribution in [-0.2, 0) is 0 Å². The van der Waals surface area contributed by atoms with Gasteiger partial charge in [-0.1, -0.05) is 0 Å². The molecule has 15 heavy (non-hydrogen) atoms. The number of aromatic nitrogens is 2. The first-order chi connectivity index (χ1) is 7.27. The van der Waals surface area contributed by atoms with Crippen LogP contribution in [0.4, 0.5) is 5.82 Å². The summed E-state index contributed by atoms with van der Waals surface area (Å²) in [4.78, 5) is 21.0. The summed E-state index contributed by atoms with van der Waals surface area (Å²) in [6.07, 6.45) is 3.01. The fourth-order valence-corrected chi connectivity index (χ4v) is 1.51. The van der Waals surface area contributed by atoms with Gasteiger partial charge in [0.05, 0.1) is 12.4 Å². The number of carbonyl (C=O) groups is 1. The summed E-state index contributed by atoms with van der Waals surface area (Å²) in [5.74, 6) is 0.246. The van der Waals surface area contributed by atoms with E-state index < -0.39 is 5.91 Å². The van der Waals surface area contributed by atoms with Crippen LogP contribution in [0.15, 0.2) is 12.4 Å². The van der Waals surface area contributed by atoms with Gasteiger partial charge in [0.2, 0.25) is 0 Å². The van der Waals surface area contributed by atoms with E-state index in [0.717, 1.165) is 32.0 Å². The van der Waals surface area contributed by atoms with Gasteiger partial charge < -0.3 is 16.0 Å². The number of hydrogen-bond acceptors (Lipinski definition) is 5. The van der Waals surface area contributed by atoms with Crippen LogP contribution in [0.2, 0.25) is 0 Å². The summed E-state index contributed by atoms with van der Waals surface area (Å²) < 4.78 is 0. The molecule has 1 saturated heterocycles. The zero-order chi connectivity index (χ0) is 10.7. The molecular weight excluding hydrogens is 194 g/mol. The minimum absolute atomic E-state index is 0.203. The first kappa shape index (κ1) is 9.85. The summed E-state index contributed by atoms with van der Waals surface area (Å²) >= 11 is 0. The van der Waals surface area contributed by atoms with E-state index in [1.54, 1.807) is 6.20 Å². The van der Waals surface area contributed by atoms with E-state index in [2.05, 4.69) is 20.2 Å². The number of anilines is 1. The molecule has 1 aliphatic rings. The van der Waals surface area contributed by atoms with E-state index in [4.69, 9.17) is 5.73 Å². The maximum Gasteiger partial charge on any atom is 0.268 e. The van der Waals surface area contributed by atoms with Gasteiger partial charge in [-0.3, -0.25) is 4.79 Å². The Morgan fingerprint density at radius 2 is 2.07 bits per heavy atom. The van der Waals surface area contributed by atoms with Crippen LogP contribution in [0.5, 0.6) is 0 Å². The minimum Gasteiger partial charge on any atom is -0.364 e. The van der Waals surface area contributed by atoms with Crippen LogP contribution < -0.4 is 16.0 Å². The molecule has 2 heterocycles. The minimum atomic E-state index is -0.547. The van der Waals surface area contributed by atoms with Crippen LogP contribution >= 0.6 is 0 Å². The van der Waals surface area contributed by atoms with Crippen LogP contribution in [0, 0.1) is 0 Å². The molecular formula is C9H13N5O. The molecule has 80 valence electrons. The van der Waals surface area contributed by atoms with Crippen molar-refractivity contribution in [2.45, 2.75) is 0 Å². The predicted molar refractivity (Wildman–Crippen MR) is 55.6 cm³/mol. The fourth-order valence-electron chi connectivity index (χ4n) is 1.51. The van der Waals surface area contributed by atoms with Crippen molar-refractivity contribution in [3.63, 3.8) is 0 Å². The number of primary amides is 1. The van der Waals surface area contributed by atoms with Gasteiger partial charge in [-0.2, -0.15) is 0 Å². The highest BCUT2D eigenvalue weighted by Crippen LogP contribution is 2.09. The molecule has 0 saturated carbocycles. The molecule has 2 rings (SSSR count). The molecule has 1 aromatic heterocycles. The van der Waals surface area contributed by atoms with E-state index in [1.165, 1.54) is 6.20 Å². The molecule has 6 nitrogen and oxygen atoms in total. The third-order valence-corrected chi connectivity index (χ3v) is 2.33. The smallest absolute Gasteiger partial charge is 0.268 e. The fraction of sp³-hybridized carbons (Fsp3) is 0.444. The molecule has 0 unspecified atom stereocenters. The van der Waals surface area contributed by atoms with Crippen LogP contribution in [-0.4, -0.2) is 42.1 Å². The molecule has 1 aliphatic heterocycles. The first-order valence-corrected chi connectivity index (χ1v) is 4.85. The zero-order valence-corrected chi connectivity index (χ0v) is 8.31. The number of amides is 1. The Balaban J connectivity index is 2.11. The summed E-state index contributed by atoms with van der Waals surface area (Å²) in [6, 6.07) is 0. The number of nitrogens with one attached hydrogen (secondary N) is 1. The van der Waals surface area contributed by atoms with Crippen LogP contribution in [0.3, 0.4) is 0 Å². The van der Waals surface area contributed by atoms with Crippen molar-refractivity contribution in [2.75, 3.05) is 31.1 Å². The Bertz CT molecular complexity index is 344.